The van der Waals surface area contributed by atoms with Crippen LogP contribution in [0.5, 0.6) is 0 Å². The Morgan fingerprint density at radius 2 is 2.42 bits per heavy atom. The van der Waals surface area contributed by atoms with Gasteiger partial charge in [0.1, 0.15) is 11.6 Å². The summed E-state index contributed by atoms with van der Waals surface area (Å²) in [6, 6.07) is 1.86. The van der Waals surface area contributed by atoms with Crippen molar-refractivity contribution in [2.24, 2.45) is 7.05 Å². The Morgan fingerprint density at radius 3 is 2.92 bits per heavy atom. The van der Waals surface area contributed by atoms with Crippen molar-refractivity contribution in [2.75, 3.05) is 0 Å². The van der Waals surface area contributed by atoms with Crippen molar-refractivity contribution >= 4 is 29.1 Å². The molecule has 61 valence electrons. The fraction of sp³-hybridized carbons (Fsp3) is 0.286. The topological polar surface area (TPSA) is 45.8 Å². The molecule has 1 aromatic rings. The Labute approximate surface area is 79.0 Å². The second-order valence-corrected chi connectivity index (χ2v) is 3.64. The maximum Gasteiger partial charge on any atom is 0.278 e. The smallest absolute Gasteiger partial charge is 0.267 e. The average molecular weight is 197 g/mol. The molecule has 1 rings (SSSR count). The molecule has 1 radical (unpaired) electrons. The summed E-state index contributed by atoms with van der Waals surface area (Å²) in [5, 5.41) is 11.1. The molecular weight excluding hydrogens is 192 g/mol. The molecule has 1 heterocycles. The van der Waals surface area contributed by atoms with Crippen LogP contribution in [-0.4, -0.2) is 9.32 Å². The lowest BCUT2D eigenvalue weighted by Crippen LogP contribution is -2.11. The van der Waals surface area contributed by atoms with Gasteiger partial charge in [0, 0.05) is 18.8 Å². The Morgan fingerprint density at radius 1 is 1.75 bits per heavy atom. The molecule has 12 heavy (non-hydrogen) atoms. The summed E-state index contributed by atoms with van der Waals surface area (Å²) in [5.74, 6) is 0. The van der Waals surface area contributed by atoms with Crippen LogP contribution in [0.4, 0.5) is 0 Å². The number of aryl methyl sites for hydroxylation is 1. The second kappa shape index (κ2) is 3.61. The predicted molar refractivity (Wildman–Crippen MR) is 50.6 cm³/mol. The minimum absolute atomic E-state index is 0.194. The van der Waals surface area contributed by atoms with Crippen molar-refractivity contribution in [3.8, 4) is 6.07 Å². The lowest BCUT2D eigenvalue weighted by atomic mass is 10.2. The van der Waals surface area contributed by atoms with Gasteiger partial charge in [-0.2, -0.15) is 5.26 Å². The third-order valence-corrected chi connectivity index (χ3v) is 2.52. The lowest BCUT2D eigenvalue weighted by Gasteiger charge is -1.83. The third-order valence-electron chi connectivity index (χ3n) is 1.37. The zero-order chi connectivity index (χ0) is 9.14. The predicted octanol–water partition coefficient (Wildman–Crippen LogP) is 0.738. The van der Waals surface area contributed by atoms with Crippen molar-refractivity contribution < 1.29 is 0 Å². The van der Waals surface area contributed by atoms with Crippen molar-refractivity contribution in [2.45, 2.75) is 6.42 Å². The first-order valence-electron chi connectivity index (χ1n) is 3.15. The summed E-state index contributed by atoms with van der Waals surface area (Å²) in [6.07, 6.45) is 0.388. The van der Waals surface area contributed by atoms with E-state index in [0.717, 1.165) is 0 Å². The van der Waals surface area contributed by atoms with E-state index in [1.165, 1.54) is 15.5 Å². The second-order valence-electron chi connectivity index (χ2n) is 2.13. The molecule has 0 aliphatic rings. The van der Waals surface area contributed by atoms with Gasteiger partial charge in [-0.1, -0.05) is 23.8 Å². The molecule has 0 spiro atoms. The van der Waals surface area contributed by atoms with Gasteiger partial charge in [0.2, 0.25) is 0 Å². The van der Waals surface area contributed by atoms with E-state index in [1.54, 1.807) is 7.05 Å². The van der Waals surface area contributed by atoms with E-state index in [-0.39, 0.29) is 11.1 Å². The van der Waals surface area contributed by atoms with Crippen LogP contribution in [0.15, 0.2) is 4.79 Å². The standard InChI is InChI=1S/C7H5N2OS2/c1-9-7(10)5(4-8)6(12-9)2-3-11/h2H2,1H3. The summed E-state index contributed by atoms with van der Waals surface area (Å²) in [6.45, 7) is 0. The van der Waals surface area contributed by atoms with Crippen LogP contribution in [0.1, 0.15) is 10.4 Å². The number of hydrogen-bond donors (Lipinski definition) is 0. The van der Waals surface area contributed by atoms with Gasteiger partial charge < -0.3 is 0 Å². The van der Waals surface area contributed by atoms with Crippen LogP contribution >= 0.6 is 23.8 Å². The number of nitrogens with zero attached hydrogens (tertiary/aromatic N) is 2. The highest BCUT2D eigenvalue weighted by Crippen LogP contribution is 2.10. The molecule has 1 aromatic heterocycles. The highest BCUT2D eigenvalue weighted by atomic mass is 32.1. The minimum atomic E-state index is -0.247. The van der Waals surface area contributed by atoms with Crippen molar-refractivity contribution in [3.05, 3.63) is 20.8 Å². The summed E-state index contributed by atoms with van der Waals surface area (Å²) in [4.78, 5) is 11.9. The van der Waals surface area contributed by atoms with E-state index < -0.39 is 0 Å². The number of nitriles is 1. The summed E-state index contributed by atoms with van der Waals surface area (Å²) >= 11 is 5.77. The van der Waals surface area contributed by atoms with Gasteiger partial charge >= 0.3 is 0 Å². The molecule has 0 N–H and O–H groups in total. The van der Waals surface area contributed by atoms with E-state index >= 15 is 0 Å². The molecule has 0 aliphatic carbocycles. The quantitative estimate of drug-likeness (QED) is 0.657. The molecule has 0 bridgehead atoms. The van der Waals surface area contributed by atoms with Crippen LogP contribution in [0.2, 0.25) is 0 Å². The molecule has 0 atom stereocenters. The Bertz CT molecular complexity index is 397. The van der Waals surface area contributed by atoms with E-state index in [4.69, 9.17) is 5.26 Å². The molecule has 0 saturated heterocycles. The average Bonchev–Trinajstić information content (AvgIpc) is 2.29. The molecule has 0 unspecified atom stereocenters. The molecule has 3 nitrogen and oxygen atoms in total. The molecule has 0 saturated carbocycles. The van der Waals surface area contributed by atoms with Crippen LogP contribution in [0, 0.1) is 11.3 Å². The summed E-state index contributed by atoms with van der Waals surface area (Å²) < 4.78 is 1.42. The Hall–Kier alpha value is -0.990. The zero-order valence-electron chi connectivity index (χ0n) is 6.33. The normalized spacial score (nSPS) is 9.33. The van der Waals surface area contributed by atoms with Crippen molar-refractivity contribution in [1.82, 2.24) is 3.96 Å². The van der Waals surface area contributed by atoms with Crippen LogP contribution in [-0.2, 0) is 13.5 Å². The van der Waals surface area contributed by atoms with Gasteiger partial charge in [0.15, 0.2) is 0 Å². The van der Waals surface area contributed by atoms with Crippen LogP contribution in [0.25, 0.3) is 0 Å². The van der Waals surface area contributed by atoms with Gasteiger partial charge in [-0.3, -0.25) is 8.75 Å². The molecule has 0 aromatic carbocycles. The molecule has 5 heteroatoms. The van der Waals surface area contributed by atoms with E-state index in [1.807, 2.05) is 6.07 Å². The first-order valence-corrected chi connectivity index (χ1v) is 4.33. The fourth-order valence-electron chi connectivity index (χ4n) is 0.825. The maximum absolute atomic E-state index is 11.2. The molecular formula is C7H5N2OS2. The summed E-state index contributed by atoms with van der Waals surface area (Å²) in [5.41, 5.74) is -0.0531. The first kappa shape index (κ1) is 9.10. The molecule has 0 aliphatic heterocycles. The van der Waals surface area contributed by atoms with E-state index in [2.05, 4.69) is 17.6 Å². The lowest BCUT2D eigenvalue weighted by molar-refractivity contribution is 0.976. The number of aromatic nitrogens is 1. The summed E-state index contributed by atoms with van der Waals surface area (Å²) in [7, 11) is 1.63. The van der Waals surface area contributed by atoms with Crippen LogP contribution in [0.3, 0.4) is 0 Å². The first-order chi connectivity index (χ1) is 5.70. The van der Waals surface area contributed by atoms with E-state index in [0.29, 0.717) is 11.3 Å². The van der Waals surface area contributed by atoms with Crippen LogP contribution < -0.4 is 5.56 Å². The van der Waals surface area contributed by atoms with Gasteiger partial charge in [-0.25, -0.2) is 0 Å². The molecule has 0 fully saturated rings. The minimum Gasteiger partial charge on any atom is -0.267 e. The third kappa shape index (κ3) is 1.44. The number of hydrogen-bond acceptors (Lipinski definition) is 4. The Balaban J connectivity index is 3.31. The van der Waals surface area contributed by atoms with Gasteiger partial charge in [-0.05, 0) is 0 Å². The Kier molecular flexibility index (Phi) is 2.74. The van der Waals surface area contributed by atoms with Gasteiger partial charge in [0.05, 0.1) is 4.88 Å². The van der Waals surface area contributed by atoms with E-state index in [9.17, 15) is 4.79 Å². The number of rotatable bonds is 2. The molecule has 0 amide bonds. The fourth-order valence-corrected chi connectivity index (χ4v) is 1.93. The largest absolute Gasteiger partial charge is 0.278 e. The highest BCUT2D eigenvalue weighted by Gasteiger charge is 2.10. The SMILES string of the molecule is Cn1sc(C[C]=S)c(C#N)c1=O. The van der Waals surface area contributed by atoms with Gasteiger partial charge in [-0.15, -0.1) is 0 Å². The van der Waals surface area contributed by atoms with Crippen molar-refractivity contribution in [1.29, 1.82) is 5.26 Å². The monoisotopic (exact) mass is 197 g/mol. The highest BCUT2D eigenvalue weighted by molar-refractivity contribution is 7.79. The number of thiocarbonyl (C=S) groups is 1. The van der Waals surface area contributed by atoms with Gasteiger partial charge in [0.25, 0.3) is 5.56 Å². The zero-order valence-corrected chi connectivity index (χ0v) is 7.96. The maximum atomic E-state index is 11.2. The van der Waals surface area contributed by atoms with Crippen molar-refractivity contribution in [3.63, 3.8) is 0 Å².